The number of ether oxygens (including phenoxy) is 3. The van der Waals surface area contributed by atoms with E-state index < -0.39 is 0 Å². The normalized spacial score (nSPS) is 10.2. The van der Waals surface area contributed by atoms with Crippen LogP contribution < -0.4 is 19.9 Å². The predicted molar refractivity (Wildman–Crippen MR) is 78.5 cm³/mol. The van der Waals surface area contributed by atoms with Crippen LogP contribution in [0.4, 0.5) is 5.69 Å². The quantitative estimate of drug-likeness (QED) is 0.928. The van der Waals surface area contributed by atoms with Crippen molar-refractivity contribution in [3.8, 4) is 28.5 Å². The summed E-state index contributed by atoms with van der Waals surface area (Å²) in [6.45, 7) is 1.94. The van der Waals surface area contributed by atoms with E-state index in [0.717, 1.165) is 5.56 Å². The average Bonchev–Trinajstić information content (AvgIpc) is 2.46. The van der Waals surface area contributed by atoms with Crippen molar-refractivity contribution < 1.29 is 14.2 Å². The Labute approximate surface area is 118 Å². The van der Waals surface area contributed by atoms with Crippen molar-refractivity contribution in [1.29, 1.82) is 0 Å². The van der Waals surface area contributed by atoms with Crippen molar-refractivity contribution in [2.45, 2.75) is 6.92 Å². The van der Waals surface area contributed by atoms with Crippen molar-refractivity contribution in [3.63, 3.8) is 0 Å². The van der Waals surface area contributed by atoms with Gasteiger partial charge in [-0.3, -0.25) is 4.98 Å². The Morgan fingerprint density at radius 2 is 1.55 bits per heavy atom. The molecule has 0 bridgehead atoms. The van der Waals surface area contributed by atoms with Crippen LogP contribution in [0, 0.1) is 6.92 Å². The van der Waals surface area contributed by atoms with Gasteiger partial charge in [0.1, 0.15) is 22.9 Å². The van der Waals surface area contributed by atoms with Crippen molar-refractivity contribution >= 4 is 5.69 Å². The summed E-state index contributed by atoms with van der Waals surface area (Å²) in [6.07, 6.45) is 1.76. The fourth-order valence-corrected chi connectivity index (χ4v) is 2.04. The second-order valence-electron chi connectivity index (χ2n) is 4.36. The topological polar surface area (TPSA) is 66.6 Å². The van der Waals surface area contributed by atoms with Gasteiger partial charge < -0.3 is 19.9 Å². The van der Waals surface area contributed by atoms with Gasteiger partial charge in [-0.1, -0.05) is 0 Å². The maximum atomic E-state index is 6.07. The van der Waals surface area contributed by atoms with Gasteiger partial charge in [0.15, 0.2) is 0 Å². The summed E-state index contributed by atoms with van der Waals surface area (Å²) in [4.78, 5) is 4.39. The summed E-state index contributed by atoms with van der Waals surface area (Å²) >= 11 is 0. The monoisotopic (exact) mass is 274 g/mol. The van der Waals surface area contributed by atoms with Crippen LogP contribution in [0.5, 0.6) is 17.2 Å². The summed E-state index contributed by atoms with van der Waals surface area (Å²) in [5.41, 5.74) is 8.99. The molecule has 0 aliphatic rings. The zero-order valence-corrected chi connectivity index (χ0v) is 12.1. The number of rotatable bonds is 4. The highest BCUT2D eigenvalue weighted by Gasteiger charge is 2.18. The van der Waals surface area contributed by atoms with Gasteiger partial charge in [-0.25, -0.2) is 0 Å². The lowest BCUT2D eigenvalue weighted by atomic mass is 10.1. The molecule has 1 aromatic heterocycles. The molecule has 106 valence electrons. The molecule has 1 heterocycles. The molecule has 2 aromatic rings. The third-order valence-corrected chi connectivity index (χ3v) is 3.01. The van der Waals surface area contributed by atoms with E-state index >= 15 is 0 Å². The first-order valence-electron chi connectivity index (χ1n) is 6.13. The number of aromatic nitrogens is 1. The highest BCUT2D eigenvalue weighted by atomic mass is 16.5. The summed E-state index contributed by atoms with van der Waals surface area (Å²) < 4.78 is 16.1. The number of pyridine rings is 1. The average molecular weight is 274 g/mol. The number of hydrogen-bond acceptors (Lipinski definition) is 5. The van der Waals surface area contributed by atoms with Crippen molar-refractivity contribution in [2.75, 3.05) is 27.1 Å². The number of aryl methyl sites for hydroxylation is 1. The highest BCUT2D eigenvalue weighted by molar-refractivity contribution is 5.83. The van der Waals surface area contributed by atoms with Crippen molar-refractivity contribution in [2.24, 2.45) is 0 Å². The molecule has 0 fully saturated rings. The molecule has 0 aliphatic heterocycles. The Hall–Kier alpha value is -2.43. The van der Waals surface area contributed by atoms with E-state index in [-0.39, 0.29) is 0 Å². The Balaban J connectivity index is 2.71. The lowest BCUT2D eigenvalue weighted by Crippen LogP contribution is -2.00. The Bertz CT molecular complexity index is 602. The summed E-state index contributed by atoms with van der Waals surface area (Å²) in [7, 11) is 4.76. The van der Waals surface area contributed by atoms with E-state index in [1.54, 1.807) is 39.7 Å². The molecular formula is C15H18N2O3. The number of nitrogens with zero attached hydrogens (tertiary/aromatic N) is 1. The molecule has 5 heteroatoms. The molecule has 20 heavy (non-hydrogen) atoms. The van der Waals surface area contributed by atoms with Crippen LogP contribution in [0.2, 0.25) is 0 Å². The van der Waals surface area contributed by atoms with Crippen molar-refractivity contribution in [3.05, 3.63) is 30.0 Å². The second kappa shape index (κ2) is 5.69. The summed E-state index contributed by atoms with van der Waals surface area (Å²) in [5, 5.41) is 0. The van der Waals surface area contributed by atoms with E-state index in [0.29, 0.717) is 34.2 Å². The van der Waals surface area contributed by atoms with Gasteiger partial charge in [0.25, 0.3) is 0 Å². The lowest BCUT2D eigenvalue weighted by molar-refractivity contribution is 0.377. The molecule has 2 rings (SSSR count). The van der Waals surface area contributed by atoms with E-state index in [2.05, 4.69) is 4.98 Å². The number of benzene rings is 1. The number of nitrogen functional groups attached to an aromatic ring is 1. The first-order chi connectivity index (χ1) is 9.60. The Morgan fingerprint density at radius 3 is 2.00 bits per heavy atom. The fourth-order valence-electron chi connectivity index (χ4n) is 2.04. The fraction of sp³-hybridized carbons (Fsp3) is 0.267. The first-order valence-corrected chi connectivity index (χ1v) is 6.13. The standard InChI is InChI=1S/C15H18N2O3/c1-9-5-11(16)15(17-8-9)14-12(19-3)6-10(18-2)7-13(14)20-4/h5-8H,16H2,1-4H3. The minimum absolute atomic E-state index is 0.576. The maximum absolute atomic E-state index is 6.07. The van der Waals surface area contributed by atoms with Gasteiger partial charge in [0.05, 0.1) is 32.6 Å². The smallest absolute Gasteiger partial charge is 0.135 e. The maximum Gasteiger partial charge on any atom is 0.135 e. The molecule has 0 aliphatic carbocycles. The van der Waals surface area contributed by atoms with Crippen LogP contribution in [0.25, 0.3) is 11.3 Å². The predicted octanol–water partition coefficient (Wildman–Crippen LogP) is 2.67. The first kappa shape index (κ1) is 14.0. The zero-order valence-electron chi connectivity index (χ0n) is 12.1. The third kappa shape index (κ3) is 2.47. The number of hydrogen-bond donors (Lipinski definition) is 1. The van der Waals surface area contributed by atoms with Crippen molar-refractivity contribution in [1.82, 2.24) is 4.98 Å². The van der Waals surface area contributed by atoms with Gasteiger partial charge in [0.2, 0.25) is 0 Å². The van der Waals surface area contributed by atoms with E-state index in [1.807, 2.05) is 13.0 Å². The molecule has 0 saturated carbocycles. The largest absolute Gasteiger partial charge is 0.496 e. The van der Waals surface area contributed by atoms with E-state index in [4.69, 9.17) is 19.9 Å². The molecule has 2 N–H and O–H groups in total. The minimum atomic E-state index is 0.576. The molecule has 5 nitrogen and oxygen atoms in total. The van der Waals surface area contributed by atoms with Gasteiger partial charge in [-0.15, -0.1) is 0 Å². The third-order valence-electron chi connectivity index (χ3n) is 3.01. The molecular weight excluding hydrogens is 256 g/mol. The number of methoxy groups -OCH3 is 3. The Kier molecular flexibility index (Phi) is 3.98. The molecule has 0 saturated heterocycles. The molecule has 0 radical (unpaired) electrons. The molecule has 0 spiro atoms. The minimum Gasteiger partial charge on any atom is -0.496 e. The van der Waals surface area contributed by atoms with Gasteiger partial charge in [0, 0.05) is 18.3 Å². The van der Waals surface area contributed by atoms with Crippen LogP contribution in [0.1, 0.15) is 5.56 Å². The van der Waals surface area contributed by atoms with E-state index in [9.17, 15) is 0 Å². The molecule has 0 amide bonds. The van der Waals surface area contributed by atoms with Crippen LogP contribution in [-0.4, -0.2) is 26.3 Å². The summed E-state index contributed by atoms with van der Waals surface area (Å²) in [5.74, 6) is 1.85. The van der Waals surface area contributed by atoms with E-state index in [1.165, 1.54) is 0 Å². The van der Waals surface area contributed by atoms with Crippen LogP contribution in [0.15, 0.2) is 24.4 Å². The lowest BCUT2D eigenvalue weighted by Gasteiger charge is -2.16. The molecule has 0 atom stereocenters. The Morgan fingerprint density at radius 1 is 0.950 bits per heavy atom. The highest BCUT2D eigenvalue weighted by Crippen LogP contribution is 2.42. The number of anilines is 1. The van der Waals surface area contributed by atoms with Crippen LogP contribution >= 0.6 is 0 Å². The molecule has 0 unspecified atom stereocenters. The van der Waals surface area contributed by atoms with Crippen LogP contribution in [-0.2, 0) is 0 Å². The van der Waals surface area contributed by atoms with Gasteiger partial charge in [-0.2, -0.15) is 0 Å². The molecule has 1 aromatic carbocycles. The van der Waals surface area contributed by atoms with Gasteiger partial charge in [-0.05, 0) is 18.6 Å². The SMILES string of the molecule is COc1cc(OC)c(-c2ncc(C)cc2N)c(OC)c1. The zero-order chi connectivity index (χ0) is 14.7. The number of nitrogens with two attached hydrogens (primary N) is 1. The van der Waals surface area contributed by atoms with Crippen LogP contribution in [0.3, 0.4) is 0 Å². The second-order valence-corrected chi connectivity index (χ2v) is 4.36. The van der Waals surface area contributed by atoms with Gasteiger partial charge >= 0.3 is 0 Å². The summed E-state index contributed by atoms with van der Waals surface area (Å²) in [6, 6.07) is 5.42.